The SMILES string of the molecule is CCN(C(=O)CCS(=O)CCCC(F)(F)F)c1sc(-c2ccc[n+]([O-])c2)nc1C. The molecule has 11 heteroatoms. The number of amides is 1. The zero-order chi connectivity index (χ0) is 21.6. The monoisotopic (exact) mass is 449 g/mol. The normalized spacial score (nSPS) is 12.7. The molecule has 1 amide bonds. The van der Waals surface area contributed by atoms with Crippen LogP contribution in [0.1, 0.15) is 31.9 Å². The molecule has 2 aromatic rings. The topological polar surface area (TPSA) is 77.2 Å². The Bertz CT molecular complexity index is 872. The summed E-state index contributed by atoms with van der Waals surface area (Å²) >= 11 is 1.27. The number of carbonyl (C=O) groups excluding carboxylic acids is 1. The van der Waals surface area contributed by atoms with E-state index in [0.29, 0.717) is 32.5 Å². The summed E-state index contributed by atoms with van der Waals surface area (Å²) in [5, 5.41) is 12.7. The van der Waals surface area contributed by atoms with E-state index in [1.165, 1.54) is 28.6 Å². The quantitative estimate of drug-likeness (QED) is 0.433. The predicted molar refractivity (Wildman–Crippen MR) is 107 cm³/mol. The molecule has 0 N–H and O–H groups in total. The van der Waals surface area contributed by atoms with Crippen molar-refractivity contribution >= 4 is 33.0 Å². The van der Waals surface area contributed by atoms with Gasteiger partial charge in [-0.1, -0.05) is 11.3 Å². The first-order valence-electron chi connectivity index (χ1n) is 8.99. The van der Waals surface area contributed by atoms with E-state index in [1.54, 1.807) is 26.0 Å². The van der Waals surface area contributed by atoms with Crippen LogP contribution < -0.4 is 9.63 Å². The highest BCUT2D eigenvalue weighted by Crippen LogP contribution is 2.34. The predicted octanol–water partition coefficient (Wildman–Crippen LogP) is 3.59. The number of aromatic nitrogens is 2. The molecule has 29 heavy (non-hydrogen) atoms. The minimum absolute atomic E-state index is 0.0206. The van der Waals surface area contributed by atoms with Crippen LogP contribution in [0.3, 0.4) is 0 Å². The Morgan fingerprint density at radius 1 is 1.38 bits per heavy atom. The number of carbonyl (C=O) groups is 1. The van der Waals surface area contributed by atoms with Gasteiger partial charge in [0.2, 0.25) is 5.91 Å². The van der Waals surface area contributed by atoms with Gasteiger partial charge in [0.25, 0.3) is 0 Å². The number of halogens is 3. The van der Waals surface area contributed by atoms with Gasteiger partial charge in [0.15, 0.2) is 12.4 Å². The van der Waals surface area contributed by atoms with Crippen LogP contribution in [0.2, 0.25) is 0 Å². The second kappa shape index (κ2) is 10.1. The highest BCUT2D eigenvalue weighted by atomic mass is 32.2. The van der Waals surface area contributed by atoms with Crippen molar-refractivity contribution in [3.8, 4) is 10.6 Å². The van der Waals surface area contributed by atoms with Crippen molar-refractivity contribution in [1.29, 1.82) is 0 Å². The molecule has 0 radical (unpaired) electrons. The van der Waals surface area contributed by atoms with Crippen molar-refractivity contribution in [3.63, 3.8) is 0 Å². The summed E-state index contributed by atoms with van der Waals surface area (Å²) in [6.45, 7) is 3.93. The summed E-state index contributed by atoms with van der Waals surface area (Å²) in [6, 6.07) is 3.36. The molecule has 2 aromatic heterocycles. The van der Waals surface area contributed by atoms with Crippen LogP contribution >= 0.6 is 11.3 Å². The minimum atomic E-state index is -4.26. The maximum Gasteiger partial charge on any atom is 0.389 e. The molecule has 0 aliphatic rings. The lowest BCUT2D eigenvalue weighted by Crippen LogP contribution is -2.31. The molecule has 0 saturated heterocycles. The highest BCUT2D eigenvalue weighted by molar-refractivity contribution is 7.84. The van der Waals surface area contributed by atoms with E-state index in [4.69, 9.17) is 0 Å². The number of nitrogens with zero attached hydrogens (tertiary/aromatic N) is 3. The Hall–Kier alpha value is -2.01. The second-order valence-corrected chi connectivity index (χ2v) is 8.99. The summed E-state index contributed by atoms with van der Waals surface area (Å²) in [4.78, 5) is 18.6. The van der Waals surface area contributed by atoms with E-state index in [-0.39, 0.29) is 30.3 Å². The smallest absolute Gasteiger partial charge is 0.389 e. The Kier molecular flexibility index (Phi) is 8.14. The Balaban J connectivity index is 2.00. The third kappa shape index (κ3) is 7.07. The van der Waals surface area contributed by atoms with Crippen LogP contribution in [0.25, 0.3) is 10.6 Å². The van der Waals surface area contributed by atoms with Gasteiger partial charge < -0.3 is 10.1 Å². The average molecular weight is 450 g/mol. The number of rotatable bonds is 9. The number of hydrogen-bond donors (Lipinski definition) is 0. The molecular weight excluding hydrogens is 427 g/mol. The molecule has 2 rings (SSSR count). The molecule has 0 aromatic carbocycles. The standard InChI is InChI=1S/C18H22F3N3O3S2/c1-3-24(15(25)7-11-29(27)10-5-8-18(19,20)21)17-13(2)22-16(28-17)14-6-4-9-23(26)12-14/h4,6,9,12H,3,5,7-8,10-11H2,1-2H3. The van der Waals surface area contributed by atoms with Gasteiger partial charge in [-0.25, -0.2) is 4.98 Å². The lowest BCUT2D eigenvalue weighted by atomic mass is 10.3. The van der Waals surface area contributed by atoms with Gasteiger partial charge in [0.05, 0.1) is 11.3 Å². The first-order chi connectivity index (χ1) is 13.6. The summed E-state index contributed by atoms with van der Waals surface area (Å²) in [5.41, 5.74) is 1.27. The highest BCUT2D eigenvalue weighted by Gasteiger charge is 2.26. The van der Waals surface area contributed by atoms with Crippen molar-refractivity contribution in [3.05, 3.63) is 35.4 Å². The Morgan fingerprint density at radius 3 is 2.72 bits per heavy atom. The maximum atomic E-state index is 12.6. The second-order valence-electron chi connectivity index (χ2n) is 6.32. The zero-order valence-corrected chi connectivity index (χ0v) is 17.7. The van der Waals surface area contributed by atoms with E-state index in [0.717, 1.165) is 0 Å². The van der Waals surface area contributed by atoms with E-state index < -0.39 is 23.4 Å². The molecule has 0 bridgehead atoms. The Morgan fingerprint density at radius 2 is 2.10 bits per heavy atom. The third-order valence-electron chi connectivity index (χ3n) is 4.03. The van der Waals surface area contributed by atoms with Crippen molar-refractivity contribution in [2.24, 2.45) is 0 Å². The van der Waals surface area contributed by atoms with Crippen molar-refractivity contribution in [2.45, 2.75) is 39.3 Å². The molecule has 1 atom stereocenters. The molecule has 160 valence electrons. The number of anilines is 1. The van der Waals surface area contributed by atoms with Crippen LogP contribution in [0.15, 0.2) is 24.5 Å². The molecule has 0 spiro atoms. The number of thiazole rings is 1. The molecule has 0 fully saturated rings. The van der Waals surface area contributed by atoms with E-state index in [1.807, 2.05) is 0 Å². The van der Waals surface area contributed by atoms with Gasteiger partial charge in [0.1, 0.15) is 10.0 Å². The van der Waals surface area contributed by atoms with E-state index in [9.17, 15) is 27.4 Å². The van der Waals surface area contributed by atoms with Crippen LogP contribution in [0.4, 0.5) is 18.2 Å². The van der Waals surface area contributed by atoms with Crippen molar-refractivity contribution in [2.75, 3.05) is 23.0 Å². The molecule has 1 unspecified atom stereocenters. The number of aryl methyl sites for hydroxylation is 1. The summed E-state index contributed by atoms with van der Waals surface area (Å²) in [6.07, 6.45) is -2.71. The molecule has 0 aliphatic carbocycles. The first kappa shape index (κ1) is 23.3. The third-order valence-corrected chi connectivity index (χ3v) is 6.67. The molecular formula is C18H22F3N3O3S2. The van der Waals surface area contributed by atoms with Crippen molar-refractivity contribution in [1.82, 2.24) is 4.98 Å². The van der Waals surface area contributed by atoms with Gasteiger partial charge in [-0.3, -0.25) is 9.00 Å². The van der Waals surface area contributed by atoms with Gasteiger partial charge in [0, 0.05) is 47.8 Å². The van der Waals surface area contributed by atoms with E-state index in [2.05, 4.69) is 4.98 Å². The van der Waals surface area contributed by atoms with Crippen LogP contribution in [-0.4, -0.2) is 39.3 Å². The van der Waals surface area contributed by atoms with Crippen molar-refractivity contribution < 1.29 is 26.9 Å². The minimum Gasteiger partial charge on any atom is -0.619 e. The number of alkyl halides is 3. The fraction of sp³-hybridized carbons (Fsp3) is 0.500. The molecule has 0 saturated carbocycles. The lowest BCUT2D eigenvalue weighted by Gasteiger charge is -2.19. The largest absolute Gasteiger partial charge is 0.619 e. The van der Waals surface area contributed by atoms with E-state index >= 15 is 0 Å². The molecule has 2 heterocycles. The summed E-state index contributed by atoms with van der Waals surface area (Å²) in [5.74, 6) is -0.319. The summed E-state index contributed by atoms with van der Waals surface area (Å²) in [7, 11) is -1.48. The summed E-state index contributed by atoms with van der Waals surface area (Å²) < 4.78 is 49.1. The lowest BCUT2D eigenvalue weighted by molar-refractivity contribution is -0.604. The first-order valence-corrected chi connectivity index (χ1v) is 11.3. The van der Waals surface area contributed by atoms with Crippen LogP contribution in [0.5, 0.6) is 0 Å². The number of hydrogen-bond acceptors (Lipinski definition) is 5. The van der Waals surface area contributed by atoms with Gasteiger partial charge in [-0.05, 0) is 26.3 Å². The molecule has 0 aliphatic heterocycles. The average Bonchev–Trinajstić information content (AvgIpc) is 3.01. The molecule has 6 nitrogen and oxygen atoms in total. The Labute approximate surface area is 173 Å². The van der Waals surface area contributed by atoms with Gasteiger partial charge in [-0.15, -0.1) is 0 Å². The zero-order valence-electron chi connectivity index (χ0n) is 16.1. The fourth-order valence-electron chi connectivity index (χ4n) is 2.65. The van der Waals surface area contributed by atoms with Crippen LogP contribution in [-0.2, 0) is 15.6 Å². The van der Waals surface area contributed by atoms with Crippen LogP contribution in [0, 0.1) is 12.1 Å². The fourth-order valence-corrected chi connectivity index (χ4v) is 4.86. The van der Waals surface area contributed by atoms with Gasteiger partial charge in [-0.2, -0.15) is 17.9 Å². The maximum absolute atomic E-state index is 12.6. The number of pyridine rings is 1. The van der Waals surface area contributed by atoms with Gasteiger partial charge >= 0.3 is 6.18 Å².